The first-order valence-electron chi connectivity index (χ1n) is 7.55. The van der Waals surface area contributed by atoms with Crippen LogP contribution in [0.5, 0.6) is 0 Å². The van der Waals surface area contributed by atoms with E-state index in [1.165, 1.54) is 38.5 Å². The number of hydrogen-bond acceptors (Lipinski definition) is 3. The number of aliphatic hydroxyl groups excluding tert-OH is 1. The molecule has 1 heterocycles. The van der Waals surface area contributed by atoms with E-state index < -0.39 is 0 Å². The van der Waals surface area contributed by atoms with E-state index in [4.69, 9.17) is 0 Å². The molecule has 4 heteroatoms. The van der Waals surface area contributed by atoms with E-state index in [0.717, 1.165) is 23.6 Å². The molecule has 1 aromatic rings. The van der Waals surface area contributed by atoms with Crippen molar-refractivity contribution in [1.29, 1.82) is 0 Å². The number of aromatic nitrogens is 2. The second kappa shape index (κ2) is 5.25. The molecule has 1 spiro atoms. The van der Waals surface area contributed by atoms with Crippen molar-refractivity contribution in [3.63, 3.8) is 0 Å². The third-order valence-electron chi connectivity index (χ3n) is 5.17. The molecule has 0 bridgehead atoms. The molecule has 1 atom stereocenters. The van der Waals surface area contributed by atoms with Crippen LogP contribution >= 0.6 is 0 Å². The number of nitrogens with zero attached hydrogens (tertiary/aromatic N) is 2. The average molecular weight is 263 g/mol. The van der Waals surface area contributed by atoms with E-state index >= 15 is 0 Å². The standard InChI is InChI=1S/C15H25N3O/c1-18-14(4-9-17-18)13(11-19)16-10-12-2-5-15(6-3-12)7-8-15/h4,9,12-13,16,19H,2-3,5-8,10-11H2,1H3. The second-order valence-electron chi connectivity index (χ2n) is 6.47. The monoisotopic (exact) mass is 263 g/mol. The Bertz CT molecular complexity index is 415. The molecule has 1 aromatic heterocycles. The Morgan fingerprint density at radius 1 is 1.42 bits per heavy atom. The fraction of sp³-hybridized carbons (Fsp3) is 0.800. The zero-order valence-corrected chi connectivity index (χ0v) is 11.8. The van der Waals surface area contributed by atoms with Gasteiger partial charge in [-0.1, -0.05) is 0 Å². The van der Waals surface area contributed by atoms with Crippen molar-refractivity contribution in [2.45, 2.75) is 44.6 Å². The molecule has 106 valence electrons. The Morgan fingerprint density at radius 3 is 2.68 bits per heavy atom. The predicted molar refractivity (Wildman–Crippen MR) is 74.7 cm³/mol. The van der Waals surface area contributed by atoms with E-state index in [0.29, 0.717) is 0 Å². The predicted octanol–water partition coefficient (Wildman–Crippen LogP) is 2.01. The zero-order chi connectivity index (χ0) is 13.3. The summed E-state index contributed by atoms with van der Waals surface area (Å²) in [7, 11) is 1.93. The molecule has 2 fully saturated rings. The van der Waals surface area contributed by atoms with Crippen LogP contribution in [0.4, 0.5) is 0 Å². The Morgan fingerprint density at radius 2 is 2.16 bits per heavy atom. The van der Waals surface area contributed by atoms with Crippen LogP contribution in [-0.4, -0.2) is 28.0 Å². The van der Waals surface area contributed by atoms with Crippen LogP contribution in [0, 0.1) is 11.3 Å². The first-order valence-corrected chi connectivity index (χ1v) is 7.55. The SMILES string of the molecule is Cn1nccc1C(CO)NCC1CCC2(CC1)CC2. The van der Waals surface area contributed by atoms with Crippen molar-refractivity contribution in [2.24, 2.45) is 18.4 Å². The van der Waals surface area contributed by atoms with Crippen molar-refractivity contribution in [3.8, 4) is 0 Å². The van der Waals surface area contributed by atoms with Gasteiger partial charge in [0.25, 0.3) is 0 Å². The van der Waals surface area contributed by atoms with Gasteiger partial charge in [-0.15, -0.1) is 0 Å². The lowest BCUT2D eigenvalue weighted by Gasteiger charge is -2.29. The molecule has 3 rings (SSSR count). The lowest BCUT2D eigenvalue weighted by atomic mass is 9.80. The van der Waals surface area contributed by atoms with E-state index in [1.54, 1.807) is 6.20 Å². The molecule has 2 aliphatic carbocycles. The van der Waals surface area contributed by atoms with Crippen molar-refractivity contribution in [2.75, 3.05) is 13.2 Å². The summed E-state index contributed by atoms with van der Waals surface area (Å²) in [6.45, 7) is 1.16. The molecule has 0 saturated heterocycles. The molecule has 2 N–H and O–H groups in total. The van der Waals surface area contributed by atoms with Crippen molar-refractivity contribution < 1.29 is 5.11 Å². The summed E-state index contributed by atoms with van der Waals surface area (Å²) >= 11 is 0. The maximum Gasteiger partial charge on any atom is 0.0726 e. The van der Waals surface area contributed by atoms with Crippen molar-refractivity contribution in [1.82, 2.24) is 15.1 Å². The third-order valence-corrected chi connectivity index (χ3v) is 5.17. The Kier molecular flexibility index (Phi) is 3.63. The lowest BCUT2D eigenvalue weighted by molar-refractivity contribution is 0.210. The molecular weight excluding hydrogens is 238 g/mol. The summed E-state index contributed by atoms with van der Waals surface area (Å²) in [6.07, 6.45) is 10.3. The molecule has 2 aliphatic rings. The summed E-state index contributed by atoms with van der Waals surface area (Å²) in [5.41, 5.74) is 1.84. The highest BCUT2D eigenvalue weighted by atomic mass is 16.3. The van der Waals surface area contributed by atoms with Gasteiger partial charge in [0.05, 0.1) is 18.3 Å². The number of rotatable bonds is 5. The van der Waals surface area contributed by atoms with E-state index in [-0.39, 0.29) is 12.6 Å². The molecular formula is C15H25N3O. The first-order chi connectivity index (χ1) is 9.22. The summed E-state index contributed by atoms with van der Waals surface area (Å²) in [4.78, 5) is 0. The van der Waals surface area contributed by atoms with E-state index in [9.17, 15) is 5.11 Å². The lowest BCUT2D eigenvalue weighted by Crippen LogP contribution is -2.32. The maximum absolute atomic E-state index is 9.54. The summed E-state index contributed by atoms with van der Waals surface area (Å²) < 4.78 is 1.84. The molecule has 0 radical (unpaired) electrons. The highest BCUT2D eigenvalue weighted by Gasteiger charge is 2.44. The van der Waals surface area contributed by atoms with Crippen LogP contribution < -0.4 is 5.32 Å². The van der Waals surface area contributed by atoms with Crippen LogP contribution in [-0.2, 0) is 7.05 Å². The van der Waals surface area contributed by atoms with Gasteiger partial charge in [-0.05, 0) is 62.5 Å². The molecule has 0 amide bonds. The quantitative estimate of drug-likeness (QED) is 0.854. The van der Waals surface area contributed by atoms with Gasteiger partial charge in [-0.3, -0.25) is 4.68 Å². The fourth-order valence-electron chi connectivity index (χ4n) is 3.47. The van der Waals surface area contributed by atoms with Gasteiger partial charge in [0.15, 0.2) is 0 Å². The topological polar surface area (TPSA) is 50.1 Å². The summed E-state index contributed by atoms with van der Waals surface area (Å²) in [5, 5.41) is 17.2. The molecule has 0 aliphatic heterocycles. The van der Waals surface area contributed by atoms with Crippen LogP contribution in [0.2, 0.25) is 0 Å². The highest BCUT2D eigenvalue weighted by Crippen LogP contribution is 2.57. The zero-order valence-electron chi connectivity index (χ0n) is 11.8. The van der Waals surface area contributed by atoms with E-state index in [2.05, 4.69) is 10.4 Å². The van der Waals surface area contributed by atoms with E-state index in [1.807, 2.05) is 17.8 Å². The van der Waals surface area contributed by atoms with Crippen LogP contribution in [0.3, 0.4) is 0 Å². The number of nitrogens with one attached hydrogen (secondary N) is 1. The molecule has 4 nitrogen and oxygen atoms in total. The minimum absolute atomic E-state index is 0.0179. The number of aliphatic hydroxyl groups is 1. The van der Waals surface area contributed by atoms with Crippen molar-refractivity contribution in [3.05, 3.63) is 18.0 Å². The van der Waals surface area contributed by atoms with Gasteiger partial charge < -0.3 is 10.4 Å². The number of aryl methyl sites for hydroxylation is 1. The Balaban J connectivity index is 1.49. The molecule has 1 unspecified atom stereocenters. The minimum atomic E-state index is 0.0179. The smallest absolute Gasteiger partial charge is 0.0726 e. The molecule has 2 saturated carbocycles. The minimum Gasteiger partial charge on any atom is -0.394 e. The van der Waals surface area contributed by atoms with Gasteiger partial charge in [-0.25, -0.2) is 0 Å². The summed E-state index contributed by atoms with van der Waals surface area (Å²) in [6, 6.07) is 2.00. The first kappa shape index (κ1) is 13.1. The molecule has 0 aromatic carbocycles. The fourth-order valence-corrected chi connectivity index (χ4v) is 3.47. The van der Waals surface area contributed by atoms with Crippen LogP contribution in [0.25, 0.3) is 0 Å². The van der Waals surface area contributed by atoms with Crippen LogP contribution in [0.15, 0.2) is 12.3 Å². The normalized spacial score (nSPS) is 23.7. The van der Waals surface area contributed by atoms with Gasteiger partial charge in [0.2, 0.25) is 0 Å². The second-order valence-corrected chi connectivity index (χ2v) is 6.47. The summed E-state index contributed by atoms with van der Waals surface area (Å²) in [5.74, 6) is 0.786. The van der Waals surface area contributed by atoms with Gasteiger partial charge in [0, 0.05) is 13.2 Å². The maximum atomic E-state index is 9.54. The van der Waals surface area contributed by atoms with Gasteiger partial charge in [0.1, 0.15) is 0 Å². The number of hydrogen-bond donors (Lipinski definition) is 2. The van der Waals surface area contributed by atoms with Gasteiger partial charge >= 0.3 is 0 Å². The highest BCUT2D eigenvalue weighted by molar-refractivity contribution is 5.06. The van der Waals surface area contributed by atoms with Crippen LogP contribution in [0.1, 0.15) is 50.3 Å². The molecule has 19 heavy (non-hydrogen) atoms. The largest absolute Gasteiger partial charge is 0.394 e. The van der Waals surface area contributed by atoms with Gasteiger partial charge in [-0.2, -0.15) is 5.10 Å². The third kappa shape index (κ3) is 2.84. The Hall–Kier alpha value is -0.870. The van der Waals surface area contributed by atoms with Crippen molar-refractivity contribution >= 4 is 0 Å². The average Bonchev–Trinajstić information content (AvgIpc) is 3.05. The Labute approximate surface area is 115 Å².